The summed E-state index contributed by atoms with van der Waals surface area (Å²) < 4.78 is 30.4. The van der Waals surface area contributed by atoms with E-state index in [0.717, 1.165) is 5.56 Å². The number of anilines is 1. The van der Waals surface area contributed by atoms with Crippen LogP contribution in [0.15, 0.2) is 28.8 Å². The van der Waals surface area contributed by atoms with Gasteiger partial charge in [0, 0.05) is 24.7 Å². The van der Waals surface area contributed by atoms with Gasteiger partial charge in [-0.2, -0.15) is 0 Å². The maximum atomic E-state index is 12.7. The van der Waals surface area contributed by atoms with E-state index in [4.69, 9.17) is 4.52 Å². The fourth-order valence-corrected chi connectivity index (χ4v) is 4.53. The molecule has 1 aromatic heterocycles. The lowest BCUT2D eigenvalue weighted by atomic mass is 10.1. The number of hydrogen-bond acceptors (Lipinski definition) is 5. The van der Waals surface area contributed by atoms with Gasteiger partial charge in [-0.3, -0.25) is 9.10 Å². The molecular formula is C17H21N3O4S. The topological polar surface area (TPSA) is 83.7 Å². The Balaban J connectivity index is 1.83. The Hall–Kier alpha value is -2.35. The van der Waals surface area contributed by atoms with Crippen molar-refractivity contribution in [3.63, 3.8) is 0 Å². The zero-order valence-corrected chi connectivity index (χ0v) is 15.5. The first-order valence-corrected chi connectivity index (χ1v) is 9.81. The average molecular weight is 363 g/mol. The van der Waals surface area contributed by atoms with E-state index < -0.39 is 10.0 Å². The molecule has 2 aromatic rings. The minimum absolute atomic E-state index is 0.145. The third kappa shape index (κ3) is 3.39. The summed E-state index contributed by atoms with van der Waals surface area (Å²) in [5.74, 6) is 0.553. The molecule has 2 heterocycles. The van der Waals surface area contributed by atoms with Gasteiger partial charge in [0.15, 0.2) is 0 Å². The number of aromatic nitrogens is 1. The maximum absolute atomic E-state index is 12.7. The van der Waals surface area contributed by atoms with Crippen LogP contribution in [0.2, 0.25) is 0 Å². The first-order valence-electron chi connectivity index (χ1n) is 7.97. The van der Waals surface area contributed by atoms with E-state index in [9.17, 15) is 13.2 Å². The molecule has 134 valence electrons. The highest BCUT2D eigenvalue weighted by molar-refractivity contribution is 7.92. The van der Waals surface area contributed by atoms with Crippen molar-refractivity contribution in [2.45, 2.75) is 32.9 Å². The van der Waals surface area contributed by atoms with Crippen molar-refractivity contribution in [1.29, 1.82) is 0 Å². The highest BCUT2D eigenvalue weighted by Gasteiger charge is 2.33. The summed E-state index contributed by atoms with van der Waals surface area (Å²) in [5.41, 5.74) is 2.74. The fourth-order valence-electron chi connectivity index (χ4n) is 3.27. The number of nitrogens with zero attached hydrogens (tertiary/aromatic N) is 3. The molecule has 0 bridgehead atoms. The van der Waals surface area contributed by atoms with E-state index in [-0.39, 0.29) is 11.9 Å². The lowest BCUT2D eigenvalue weighted by molar-refractivity contribution is 0.0782. The zero-order chi connectivity index (χ0) is 18.4. The van der Waals surface area contributed by atoms with Gasteiger partial charge in [0.25, 0.3) is 5.91 Å². The summed E-state index contributed by atoms with van der Waals surface area (Å²) in [7, 11) is -1.63. The van der Waals surface area contributed by atoms with Gasteiger partial charge < -0.3 is 9.42 Å². The highest BCUT2D eigenvalue weighted by Crippen LogP contribution is 2.34. The number of aryl methyl sites for hydroxylation is 1. The summed E-state index contributed by atoms with van der Waals surface area (Å²) >= 11 is 0. The molecule has 1 aromatic carbocycles. The number of sulfonamides is 1. The van der Waals surface area contributed by atoms with E-state index in [1.807, 2.05) is 6.92 Å². The van der Waals surface area contributed by atoms with Gasteiger partial charge in [-0.05, 0) is 44.0 Å². The minimum atomic E-state index is -3.33. The summed E-state index contributed by atoms with van der Waals surface area (Å²) in [4.78, 5) is 14.2. The largest absolute Gasteiger partial charge is 0.361 e. The number of benzene rings is 1. The predicted molar refractivity (Wildman–Crippen MR) is 94.0 cm³/mol. The third-order valence-corrected chi connectivity index (χ3v) is 5.53. The second kappa shape index (κ2) is 6.18. The molecular weight excluding hydrogens is 342 g/mol. The van der Waals surface area contributed by atoms with Crippen molar-refractivity contribution >= 4 is 21.6 Å². The maximum Gasteiger partial charge on any atom is 0.253 e. The Bertz CT molecular complexity index is 920. The van der Waals surface area contributed by atoms with Gasteiger partial charge >= 0.3 is 0 Å². The first kappa shape index (κ1) is 17.5. The summed E-state index contributed by atoms with van der Waals surface area (Å²) in [6.07, 6.45) is 1.79. The molecule has 0 radical (unpaired) electrons. The van der Waals surface area contributed by atoms with Gasteiger partial charge in [-0.15, -0.1) is 0 Å². The smallest absolute Gasteiger partial charge is 0.253 e. The molecule has 1 atom stereocenters. The number of carbonyl (C=O) groups excluding carboxylic acids is 1. The van der Waals surface area contributed by atoms with Gasteiger partial charge in [0.05, 0.1) is 18.5 Å². The number of rotatable bonds is 4. The van der Waals surface area contributed by atoms with Crippen LogP contribution in [0.4, 0.5) is 5.69 Å². The Kier molecular flexibility index (Phi) is 4.32. The van der Waals surface area contributed by atoms with E-state index in [1.54, 1.807) is 43.1 Å². The van der Waals surface area contributed by atoms with Gasteiger partial charge in [0.1, 0.15) is 11.5 Å². The molecule has 0 fully saturated rings. The van der Waals surface area contributed by atoms with Crippen LogP contribution in [-0.2, 0) is 23.0 Å². The molecule has 0 N–H and O–H groups in total. The van der Waals surface area contributed by atoms with Crippen molar-refractivity contribution < 1.29 is 17.7 Å². The standard InChI is InChI=1S/C17H21N3O4S/c1-11-7-14-9-13(5-6-16(14)20(11)25(4,22)23)17(21)19(3)10-15-8-12(2)24-18-15/h5-6,8-9,11H,7,10H2,1-4H3. The molecule has 0 saturated carbocycles. The number of fused-ring (bicyclic) bond motifs is 1. The van der Waals surface area contributed by atoms with E-state index in [2.05, 4.69) is 5.16 Å². The van der Waals surface area contributed by atoms with Crippen LogP contribution in [0.5, 0.6) is 0 Å². The van der Waals surface area contributed by atoms with E-state index >= 15 is 0 Å². The monoisotopic (exact) mass is 363 g/mol. The van der Waals surface area contributed by atoms with E-state index in [0.29, 0.717) is 35.7 Å². The average Bonchev–Trinajstić information content (AvgIpc) is 3.06. The minimum Gasteiger partial charge on any atom is -0.361 e. The second-order valence-corrected chi connectivity index (χ2v) is 8.41. The molecule has 0 saturated heterocycles. The van der Waals surface area contributed by atoms with Crippen molar-refractivity contribution in [2.75, 3.05) is 17.6 Å². The summed E-state index contributed by atoms with van der Waals surface area (Å²) in [5, 5.41) is 3.89. The highest BCUT2D eigenvalue weighted by atomic mass is 32.2. The third-order valence-electron chi connectivity index (χ3n) is 4.26. The molecule has 1 aliphatic rings. The molecule has 1 unspecified atom stereocenters. The Morgan fingerprint density at radius 3 is 2.72 bits per heavy atom. The van der Waals surface area contributed by atoms with Crippen LogP contribution >= 0.6 is 0 Å². The van der Waals surface area contributed by atoms with Crippen molar-refractivity contribution in [3.05, 3.63) is 46.8 Å². The van der Waals surface area contributed by atoms with Crippen LogP contribution in [0.3, 0.4) is 0 Å². The van der Waals surface area contributed by atoms with Gasteiger partial charge in [-0.25, -0.2) is 8.42 Å². The SMILES string of the molecule is Cc1cc(CN(C)C(=O)c2ccc3c(c2)CC(C)N3S(C)(=O)=O)no1. The normalized spacial score (nSPS) is 16.8. The van der Waals surface area contributed by atoms with Crippen LogP contribution in [0, 0.1) is 6.92 Å². The van der Waals surface area contributed by atoms with Crippen molar-refractivity contribution in [2.24, 2.45) is 0 Å². The molecule has 1 amide bonds. The zero-order valence-electron chi connectivity index (χ0n) is 14.7. The van der Waals surface area contributed by atoms with Gasteiger partial charge in [-0.1, -0.05) is 5.16 Å². The van der Waals surface area contributed by atoms with Crippen molar-refractivity contribution in [3.8, 4) is 0 Å². The Morgan fingerprint density at radius 1 is 1.40 bits per heavy atom. The lowest BCUT2D eigenvalue weighted by Gasteiger charge is -2.22. The fraction of sp³-hybridized carbons (Fsp3) is 0.412. The Morgan fingerprint density at radius 2 is 2.12 bits per heavy atom. The number of hydrogen-bond donors (Lipinski definition) is 0. The molecule has 0 aliphatic carbocycles. The predicted octanol–water partition coefficient (Wildman–Crippen LogP) is 1.97. The second-order valence-electron chi connectivity index (χ2n) is 6.55. The number of amides is 1. The molecule has 8 heteroatoms. The van der Waals surface area contributed by atoms with Crippen LogP contribution in [-0.4, -0.2) is 43.7 Å². The van der Waals surface area contributed by atoms with Crippen LogP contribution in [0.25, 0.3) is 0 Å². The molecule has 25 heavy (non-hydrogen) atoms. The van der Waals surface area contributed by atoms with Crippen LogP contribution in [0.1, 0.15) is 34.3 Å². The van der Waals surface area contributed by atoms with Crippen LogP contribution < -0.4 is 4.31 Å². The quantitative estimate of drug-likeness (QED) is 0.829. The lowest BCUT2D eigenvalue weighted by Crippen LogP contribution is -2.34. The number of carbonyl (C=O) groups is 1. The molecule has 0 spiro atoms. The van der Waals surface area contributed by atoms with Gasteiger partial charge in [0.2, 0.25) is 10.0 Å². The first-order chi connectivity index (χ1) is 11.7. The van der Waals surface area contributed by atoms with Crippen molar-refractivity contribution in [1.82, 2.24) is 10.1 Å². The summed E-state index contributed by atoms with van der Waals surface area (Å²) in [6.45, 7) is 4.01. The summed E-state index contributed by atoms with van der Waals surface area (Å²) in [6, 6.07) is 6.80. The van der Waals surface area contributed by atoms with E-state index in [1.165, 1.54) is 10.6 Å². The molecule has 3 rings (SSSR count). The Labute approximate surface area is 147 Å². The molecule has 1 aliphatic heterocycles. The molecule has 7 nitrogen and oxygen atoms in total.